The fourth-order valence-electron chi connectivity index (χ4n) is 2.43. The average Bonchev–Trinajstić information content (AvgIpc) is 3.20. The van der Waals surface area contributed by atoms with Crippen LogP contribution in [0.5, 0.6) is 11.5 Å². The Morgan fingerprint density at radius 1 is 1.25 bits per heavy atom. The molecule has 1 heterocycles. The highest BCUT2D eigenvalue weighted by molar-refractivity contribution is 14.0. The number of guanidine groups is 1. The molecule has 1 aromatic carbocycles. The zero-order valence-corrected chi connectivity index (χ0v) is 19.9. The molecule has 3 N–H and O–H groups in total. The van der Waals surface area contributed by atoms with Gasteiger partial charge in [-0.3, -0.25) is 0 Å². The number of hydrogen-bond donors (Lipinski definition) is 3. The van der Waals surface area contributed by atoms with Crippen molar-refractivity contribution < 1.29 is 14.6 Å². The van der Waals surface area contributed by atoms with Gasteiger partial charge in [-0.05, 0) is 44.4 Å². The fourth-order valence-corrected chi connectivity index (χ4v) is 3.21. The van der Waals surface area contributed by atoms with Crippen molar-refractivity contribution >= 4 is 41.3 Å². The lowest BCUT2D eigenvalue weighted by Gasteiger charge is -2.21. The molecule has 0 aliphatic heterocycles. The van der Waals surface area contributed by atoms with Crippen LogP contribution in [0.3, 0.4) is 0 Å². The average molecular weight is 519 g/mol. The molecule has 0 amide bonds. The topological polar surface area (TPSA) is 75.1 Å². The zero-order valence-electron chi connectivity index (χ0n) is 16.8. The van der Waals surface area contributed by atoms with Gasteiger partial charge in [-0.15, -0.1) is 35.3 Å². The number of rotatable bonds is 9. The van der Waals surface area contributed by atoms with Crippen LogP contribution >= 0.6 is 35.3 Å². The largest absolute Gasteiger partial charge is 0.497 e. The molecule has 6 nitrogen and oxygen atoms in total. The van der Waals surface area contributed by atoms with Crippen molar-refractivity contribution in [1.29, 1.82) is 0 Å². The highest BCUT2D eigenvalue weighted by Crippen LogP contribution is 2.25. The van der Waals surface area contributed by atoms with E-state index < -0.39 is 5.60 Å². The first-order valence-corrected chi connectivity index (χ1v) is 9.92. The Hall–Kier alpha value is -1.52. The summed E-state index contributed by atoms with van der Waals surface area (Å²) in [6, 6.07) is 11.4. The third-order valence-corrected chi connectivity index (χ3v) is 5.00. The maximum absolute atomic E-state index is 10.6. The summed E-state index contributed by atoms with van der Waals surface area (Å²) in [7, 11) is 1.63. The van der Waals surface area contributed by atoms with Gasteiger partial charge in [0.15, 0.2) is 5.96 Å². The number of methoxy groups -OCH3 is 1. The van der Waals surface area contributed by atoms with Crippen molar-refractivity contribution in [3.63, 3.8) is 0 Å². The van der Waals surface area contributed by atoms with Gasteiger partial charge in [-0.25, -0.2) is 4.99 Å². The lowest BCUT2D eigenvalue weighted by atomic mass is 10.1. The van der Waals surface area contributed by atoms with E-state index in [1.54, 1.807) is 14.0 Å². The summed E-state index contributed by atoms with van der Waals surface area (Å²) in [6.07, 6.45) is -0.0706. The van der Waals surface area contributed by atoms with Crippen molar-refractivity contribution in [2.24, 2.45) is 4.99 Å². The summed E-state index contributed by atoms with van der Waals surface area (Å²) in [5.74, 6) is 2.17. The molecule has 2 atom stereocenters. The van der Waals surface area contributed by atoms with Crippen molar-refractivity contribution in [1.82, 2.24) is 10.6 Å². The van der Waals surface area contributed by atoms with Gasteiger partial charge < -0.3 is 25.2 Å². The van der Waals surface area contributed by atoms with E-state index in [1.165, 1.54) is 11.3 Å². The normalized spacial score (nSPS) is 14.4. The Morgan fingerprint density at radius 2 is 2.00 bits per heavy atom. The molecule has 0 spiro atoms. The van der Waals surface area contributed by atoms with Crippen LogP contribution < -0.4 is 20.1 Å². The van der Waals surface area contributed by atoms with Crippen molar-refractivity contribution in [3.05, 3.63) is 46.7 Å². The summed E-state index contributed by atoms with van der Waals surface area (Å²) in [6.45, 7) is 7.35. The number of aliphatic hydroxyl groups is 1. The SMILES string of the molecule is CCNC(=NCC(C)(O)c1cccs1)NCC(C)Oc1cccc(OC)c1.I. The second-order valence-corrected chi connectivity index (χ2v) is 7.38. The standard InChI is InChI=1S/C20H29N3O3S.HI/c1-5-21-19(23-14-20(3,24)18-10-7-11-27-18)22-13-15(2)26-17-9-6-8-16(12-17)25-4;/h6-12,15,24H,5,13-14H2,1-4H3,(H2,21,22,23);1H. The summed E-state index contributed by atoms with van der Waals surface area (Å²) in [5, 5.41) is 19.0. The molecular weight excluding hydrogens is 489 g/mol. The molecule has 2 rings (SSSR count). The number of halogens is 1. The third-order valence-electron chi connectivity index (χ3n) is 3.88. The van der Waals surface area contributed by atoms with E-state index in [-0.39, 0.29) is 36.6 Å². The number of thiophene rings is 1. The molecule has 2 unspecified atom stereocenters. The molecule has 0 radical (unpaired) electrons. The maximum Gasteiger partial charge on any atom is 0.191 e. The van der Waals surface area contributed by atoms with E-state index >= 15 is 0 Å². The van der Waals surface area contributed by atoms with Crippen molar-refractivity contribution in [3.8, 4) is 11.5 Å². The van der Waals surface area contributed by atoms with Crippen LogP contribution in [0.2, 0.25) is 0 Å². The van der Waals surface area contributed by atoms with Crippen molar-refractivity contribution in [2.45, 2.75) is 32.5 Å². The van der Waals surface area contributed by atoms with Gasteiger partial charge in [0.1, 0.15) is 23.2 Å². The molecule has 8 heteroatoms. The quantitative estimate of drug-likeness (QED) is 0.268. The van der Waals surface area contributed by atoms with E-state index in [1.807, 2.05) is 55.6 Å². The van der Waals surface area contributed by atoms with Crippen LogP contribution in [0.25, 0.3) is 0 Å². The number of benzene rings is 1. The minimum absolute atomic E-state index is 0. The van der Waals surface area contributed by atoms with Crippen LogP contribution in [0.4, 0.5) is 0 Å². The van der Waals surface area contributed by atoms with E-state index in [4.69, 9.17) is 9.47 Å². The van der Waals surface area contributed by atoms with Crippen LogP contribution in [-0.2, 0) is 5.60 Å². The number of nitrogens with one attached hydrogen (secondary N) is 2. The summed E-state index contributed by atoms with van der Waals surface area (Å²) >= 11 is 1.53. The smallest absolute Gasteiger partial charge is 0.191 e. The van der Waals surface area contributed by atoms with Gasteiger partial charge in [0.2, 0.25) is 0 Å². The van der Waals surface area contributed by atoms with Crippen LogP contribution in [0.1, 0.15) is 25.6 Å². The number of hydrogen-bond acceptors (Lipinski definition) is 5. The predicted octanol–water partition coefficient (Wildman–Crippen LogP) is 3.60. The van der Waals surface area contributed by atoms with Crippen LogP contribution in [0, 0.1) is 0 Å². The Balaban J connectivity index is 0.00000392. The highest BCUT2D eigenvalue weighted by Gasteiger charge is 2.24. The minimum Gasteiger partial charge on any atom is -0.497 e. The molecule has 0 fully saturated rings. The van der Waals surface area contributed by atoms with Gasteiger partial charge in [-0.1, -0.05) is 12.1 Å². The molecule has 2 aromatic rings. The monoisotopic (exact) mass is 519 g/mol. The van der Waals surface area contributed by atoms with Gasteiger partial charge in [0.25, 0.3) is 0 Å². The first kappa shape index (κ1) is 24.5. The lowest BCUT2D eigenvalue weighted by molar-refractivity contribution is 0.0711. The Morgan fingerprint density at radius 3 is 2.64 bits per heavy atom. The number of ether oxygens (including phenoxy) is 2. The van der Waals surface area contributed by atoms with Gasteiger partial charge in [-0.2, -0.15) is 0 Å². The summed E-state index contributed by atoms with van der Waals surface area (Å²) in [5.41, 5.74) is -0.987. The molecule has 0 aliphatic rings. The molecule has 156 valence electrons. The van der Waals surface area contributed by atoms with E-state index in [2.05, 4.69) is 15.6 Å². The first-order chi connectivity index (χ1) is 12.9. The molecular formula is C20H30IN3O3S. The Kier molecular flexibility index (Phi) is 10.6. The van der Waals surface area contributed by atoms with Crippen LogP contribution in [0.15, 0.2) is 46.8 Å². The zero-order chi connectivity index (χ0) is 19.7. The maximum atomic E-state index is 10.6. The number of aliphatic imine (C=N–C) groups is 1. The minimum atomic E-state index is -0.987. The predicted molar refractivity (Wildman–Crippen MR) is 126 cm³/mol. The van der Waals surface area contributed by atoms with E-state index in [0.29, 0.717) is 12.5 Å². The van der Waals surface area contributed by atoms with Gasteiger partial charge >= 0.3 is 0 Å². The van der Waals surface area contributed by atoms with Crippen molar-refractivity contribution in [2.75, 3.05) is 26.7 Å². The first-order valence-electron chi connectivity index (χ1n) is 9.04. The third kappa shape index (κ3) is 7.84. The van der Waals surface area contributed by atoms with Gasteiger partial charge in [0, 0.05) is 17.5 Å². The van der Waals surface area contributed by atoms with Crippen LogP contribution in [-0.4, -0.2) is 43.9 Å². The molecule has 0 saturated carbocycles. The van der Waals surface area contributed by atoms with Gasteiger partial charge in [0.05, 0.1) is 20.2 Å². The lowest BCUT2D eigenvalue weighted by Crippen LogP contribution is -2.42. The Bertz CT molecular complexity index is 723. The fraction of sp³-hybridized carbons (Fsp3) is 0.450. The molecule has 1 aromatic heterocycles. The van der Waals surface area contributed by atoms with E-state index in [9.17, 15) is 5.11 Å². The second kappa shape index (κ2) is 12.1. The molecule has 0 saturated heterocycles. The molecule has 28 heavy (non-hydrogen) atoms. The summed E-state index contributed by atoms with van der Waals surface area (Å²) < 4.78 is 11.1. The van der Waals surface area contributed by atoms with E-state index in [0.717, 1.165) is 22.9 Å². The second-order valence-electron chi connectivity index (χ2n) is 6.43. The summed E-state index contributed by atoms with van der Waals surface area (Å²) in [4.78, 5) is 5.42. The molecule has 0 aliphatic carbocycles. The molecule has 0 bridgehead atoms. The Labute approximate surface area is 188 Å². The highest BCUT2D eigenvalue weighted by atomic mass is 127. The number of nitrogens with zero attached hydrogens (tertiary/aromatic N) is 1.